The van der Waals surface area contributed by atoms with Gasteiger partial charge in [0.05, 0.1) is 11.1 Å². The average molecular weight is 153 g/mol. The first-order chi connectivity index (χ1) is 5.08. The van der Waals surface area contributed by atoms with E-state index in [2.05, 4.69) is 5.16 Å². The maximum absolute atomic E-state index is 10.6. The molecule has 1 heterocycles. The van der Waals surface area contributed by atoms with Gasteiger partial charge in [-0.3, -0.25) is 0 Å². The van der Waals surface area contributed by atoms with Gasteiger partial charge in [-0.15, -0.1) is 0 Å². The summed E-state index contributed by atoms with van der Waals surface area (Å²) in [6.45, 7) is 5.49. The second-order valence-corrected chi connectivity index (χ2v) is 3.19. The maximum Gasteiger partial charge on any atom is 0.131 e. The van der Waals surface area contributed by atoms with Gasteiger partial charge in [0, 0.05) is 5.56 Å². The third kappa shape index (κ3) is 1.31. The molecule has 1 rings (SSSR count). The highest BCUT2D eigenvalue weighted by Gasteiger charge is 2.24. The zero-order valence-corrected chi connectivity index (χ0v) is 6.92. The molecule has 0 saturated heterocycles. The SMILES string of the molecule is Cc1conc1C(C)(C)C=O. The molecule has 0 aliphatic carbocycles. The number of rotatable bonds is 2. The Morgan fingerprint density at radius 2 is 2.27 bits per heavy atom. The predicted molar refractivity (Wildman–Crippen MR) is 40.3 cm³/mol. The molecular weight excluding hydrogens is 142 g/mol. The highest BCUT2D eigenvalue weighted by molar-refractivity contribution is 5.66. The van der Waals surface area contributed by atoms with Crippen LogP contribution in [0.2, 0.25) is 0 Å². The van der Waals surface area contributed by atoms with Crippen LogP contribution in [0.1, 0.15) is 25.1 Å². The van der Waals surface area contributed by atoms with Crippen LogP contribution in [0.4, 0.5) is 0 Å². The van der Waals surface area contributed by atoms with Gasteiger partial charge in [0.25, 0.3) is 0 Å². The molecule has 0 saturated carbocycles. The Labute approximate surface area is 65.4 Å². The molecular formula is C8H11NO2. The van der Waals surface area contributed by atoms with E-state index in [1.807, 2.05) is 20.8 Å². The monoisotopic (exact) mass is 153 g/mol. The molecule has 0 atom stereocenters. The Kier molecular flexibility index (Phi) is 1.81. The molecule has 11 heavy (non-hydrogen) atoms. The van der Waals surface area contributed by atoms with Gasteiger partial charge in [-0.2, -0.15) is 0 Å². The Hall–Kier alpha value is -1.12. The van der Waals surface area contributed by atoms with Gasteiger partial charge in [-0.1, -0.05) is 5.16 Å². The zero-order valence-electron chi connectivity index (χ0n) is 6.92. The summed E-state index contributed by atoms with van der Waals surface area (Å²) in [5.41, 5.74) is 1.10. The smallest absolute Gasteiger partial charge is 0.131 e. The number of hydrogen-bond donors (Lipinski definition) is 0. The van der Waals surface area contributed by atoms with Crippen molar-refractivity contribution in [3.8, 4) is 0 Å². The van der Waals surface area contributed by atoms with Gasteiger partial charge in [-0.05, 0) is 20.8 Å². The number of aldehydes is 1. The summed E-state index contributed by atoms with van der Waals surface area (Å²) >= 11 is 0. The van der Waals surface area contributed by atoms with Crippen LogP contribution in [0.15, 0.2) is 10.8 Å². The fourth-order valence-corrected chi connectivity index (χ4v) is 0.968. The summed E-state index contributed by atoms with van der Waals surface area (Å²) in [5, 5.41) is 3.75. The summed E-state index contributed by atoms with van der Waals surface area (Å²) in [6.07, 6.45) is 2.42. The number of carbonyl (C=O) groups is 1. The van der Waals surface area contributed by atoms with E-state index in [-0.39, 0.29) is 0 Å². The van der Waals surface area contributed by atoms with E-state index < -0.39 is 5.41 Å². The molecule has 1 aromatic rings. The van der Waals surface area contributed by atoms with E-state index in [9.17, 15) is 4.79 Å². The quantitative estimate of drug-likeness (QED) is 0.604. The van der Waals surface area contributed by atoms with Crippen LogP contribution < -0.4 is 0 Å². The Morgan fingerprint density at radius 1 is 1.64 bits per heavy atom. The molecule has 0 aromatic carbocycles. The lowest BCUT2D eigenvalue weighted by Gasteiger charge is -2.12. The molecule has 3 nitrogen and oxygen atoms in total. The first-order valence-electron chi connectivity index (χ1n) is 3.45. The van der Waals surface area contributed by atoms with Crippen molar-refractivity contribution in [3.63, 3.8) is 0 Å². The van der Waals surface area contributed by atoms with Crippen molar-refractivity contribution in [2.75, 3.05) is 0 Å². The summed E-state index contributed by atoms with van der Waals surface area (Å²) in [6, 6.07) is 0. The van der Waals surface area contributed by atoms with Gasteiger partial charge >= 0.3 is 0 Å². The van der Waals surface area contributed by atoms with Crippen LogP contribution in [-0.4, -0.2) is 11.4 Å². The number of aromatic nitrogens is 1. The number of hydrogen-bond acceptors (Lipinski definition) is 3. The molecule has 0 aliphatic heterocycles. The minimum Gasteiger partial charge on any atom is -0.364 e. The molecule has 0 N–H and O–H groups in total. The van der Waals surface area contributed by atoms with Crippen LogP contribution in [0.5, 0.6) is 0 Å². The maximum atomic E-state index is 10.6. The Bertz CT molecular complexity index is 263. The van der Waals surface area contributed by atoms with Crippen molar-refractivity contribution >= 4 is 6.29 Å². The van der Waals surface area contributed by atoms with Crippen LogP contribution in [0.3, 0.4) is 0 Å². The Morgan fingerprint density at radius 3 is 2.64 bits per heavy atom. The summed E-state index contributed by atoms with van der Waals surface area (Å²) < 4.78 is 4.72. The third-order valence-corrected chi connectivity index (χ3v) is 1.65. The molecule has 1 aromatic heterocycles. The van der Waals surface area contributed by atoms with Crippen molar-refractivity contribution in [1.82, 2.24) is 5.16 Å². The first-order valence-corrected chi connectivity index (χ1v) is 3.45. The van der Waals surface area contributed by atoms with Crippen molar-refractivity contribution < 1.29 is 9.32 Å². The molecule has 0 spiro atoms. The van der Waals surface area contributed by atoms with Crippen molar-refractivity contribution in [1.29, 1.82) is 0 Å². The largest absolute Gasteiger partial charge is 0.364 e. The van der Waals surface area contributed by atoms with Crippen molar-refractivity contribution in [2.45, 2.75) is 26.2 Å². The lowest BCUT2D eigenvalue weighted by atomic mass is 9.89. The van der Waals surface area contributed by atoms with Crippen LogP contribution >= 0.6 is 0 Å². The lowest BCUT2D eigenvalue weighted by Crippen LogP contribution is -2.20. The summed E-state index contributed by atoms with van der Waals surface area (Å²) in [4.78, 5) is 10.6. The lowest BCUT2D eigenvalue weighted by molar-refractivity contribution is -0.111. The fourth-order valence-electron chi connectivity index (χ4n) is 0.968. The normalized spacial score (nSPS) is 11.5. The number of nitrogens with zero attached hydrogens (tertiary/aromatic N) is 1. The molecule has 60 valence electrons. The van der Waals surface area contributed by atoms with Gasteiger partial charge in [-0.25, -0.2) is 0 Å². The van der Waals surface area contributed by atoms with E-state index in [1.165, 1.54) is 0 Å². The van der Waals surface area contributed by atoms with Crippen molar-refractivity contribution in [3.05, 3.63) is 17.5 Å². The first kappa shape index (κ1) is 7.98. The van der Waals surface area contributed by atoms with Gasteiger partial charge < -0.3 is 9.32 Å². The minimum atomic E-state index is -0.531. The topological polar surface area (TPSA) is 43.1 Å². The molecule has 0 amide bonds. The van der Waals surface area contributed by atoms with E-state index in [0.717, 1.165) is 11.8 Å². The minimum absolute atomic E-state index is 0.531. The van der Waals surface area contributed by atoms with E-state index in [1.54, 1.807) is 6.26 Å². The predicted octanol–water partition coefficient (Wildman–Crippen LogP) is 1.46. The van der Waals surface area contributed by atoms with E-state index in [4.69, 9.17) is 4.52 Å². The molecule has 0 bridgehead atoms. The molecule has 0 aliphatic rings. The number of carbonyl (C=O) groups excluding carboxylic acids is 1. The zero-order chi connectivity index (χ0) is 8.48. The van der Waals surface area contributed by atoms with Crippen LogP contribution in [0, 0.1) is 6.92 Å². The van der Waals surface area contributed by atoms with E-state index >= 15 is 0 Å². The standard InChI is InChI=1S/C8H11NO2/c1-6-4-11-9-7(6)8(2,3)5-10/h4-5H,1-3H3. The van der Waals surface area contributed by atoms with Gasteiger partial charge in [0.1, 0.15) is 12.5 Å². The van der Waals surface area contributed by atoms with Crippen molar-refractivity contribution in [2.24, 2.45) is 0 Å². The summed E-state index contributed by atoms with van der Waals surface area (Å²) in [5.74, 6) is 0. The second-order valence-electron chi connectivity index (χ2n) is 3.19. The fraction of sp³-hybridized carbons (Fsp3) is 0.500. The molecule has 0 unspecified atom stereocenters. The highest BCUT2D eigenvalue weighted by atomic mass is 16.5. The third-order valence-electron chi connectivity index (χ3n) is 1.65. The molecule has 0 radical (unpaired) electrons. The number of aryl methyl sites for hydroxylation is 1. The average Bonchev–Trinajstić information content (AvgIpc) is 2.36. The molecule has 0 fully saturated rings. The Balaban J connectivity index is 3.10. The second kappa shape index (κ2) is 2.49. The van der Waals surface area contributed by atoms with Crippen LogP contribution in [0.25, 0.3) is 0 Å². The van der Waals surface area contributed by atoms with Crippen LogP contribution in [-0.2, 0) is 10.2 Å². The molecule has 3 heteroatoms. The van der Waals surface area contributed by atoms with Gasteiger partial charge in [0.2, 0.25) is 0 Å². The summed E-state index contributed by atoms with van der Waals surface area (Å²) in [7, 11) is 0. The highest BCUT2D eigenvalue weighted by Crippen LogP contribution is 2.21. The van der Waals surface area contributed by atoms with Gasteiger partial charge in [0.15, 0.2) is 0 Å². The van der Waals surface area contributed by atoms with E-state index in [0.29, 0.717) is 5.69 Å².